The van der Waals surface area contributed by atoms with Gasteiger partial charge in [0.1, 0.15) is 0 Å². The zero-order valence-corrected chi connectivity index (χ0v) is 7.57. The molecule has 0 amide bonds. The lowest BCUT2D eigenvalue weighted by atomic mass is 16.0. The second kappa shape index (κ2) is 179. The molecule has 7 heteroatoms. The lowest BCUT2D eigenvalue weighted by molar-refractivity contribution is 0.823. The Morgan fingerprint density at radius 3 is 0.429 bits per heavy atom. The SMILES string of the molecule is II.O.O.O.O.O. The Hall–Kier alpha value is 1.26. The van der Waals surface area contributed by atoms with Crippen molar-refractivity contribution in [3.8, 4) is 0 Å². The Labute approximate surface area is 64.3 Å². The third-order valence-electron chi connectivity index (χ3n) is 0. The van der Waals surface area contributed by atoms with Crippen molar-refractivity contribution in [2.75, 3.05) is 0 Å². The minimum Gasteiger partial charge on any atom is -0.412 e. The molecule has 0 fully saturated rings. The molecule has 0 atom stereocenters. The smallest absolute Gasteiger partial charge is 0 e. The van der Waals surface area contributed by atoms with E-state index in [9.17, 15) is 0 Å². The van der Waals surface area contributed by atoms with Crippen LogP contribution in [-0.4, -0.2) is 27.4 Å². The molecule has 0 saturated heterocycles. The summed E-state index contributed by atoms with van der Waals surface area (Å²) in [5.74, 6) is 0. The third kappa shape index (κ3) is 127. The van der Waals surface area contributed by atoms with Gasteiger partial charge in [-0.15, -0.1) is 0 Å². The molecule has 0 saturated carbocycles. The van der Waals surface area contributed by atoms with Gasteiger partial charge in [0.15, 0.2) is 0 Å². The summed E-state index contributed by atoms with van der Waals surface area (Å²) in [4.78, 5) is 0. The van der Waals surface area contributed by atoms with Gasteiger partial charge in [-0.25, -0.2) is 0 Å². The van der Waals surface area contributed by atoms with Crippen LogP contribution in [0.5, 0.6) is 0 Å². The van der Waals surface area contributed by atoms with E-state index in [4.69, 9.17) is 0 Å². The molecule has 0 aliphatic heterocycles. The Bertz CT molecular complexity index is 6.04. The van der Waals surface area contributed by atoms with Crippen molar-refractivity contribution >= 4 is 37.2 Å². The van der Waals surface area contributed by atoms with E-state index in [0.717, 1.165) is 0 Å². The average Bonchev–Trinajstić information content (AvgIpc) is 1.00. The van der Waals surface area contributed by atoms with Crippen LogP contribution in [0.3, 0.4) is 0 Å². The van der Waals surface area contributed by atoms with E-state index in [1.54, 1.807) is 0 Å². The van der Waals surface area contributed by atoms with Crippen LogP contribution < -0.4 is 0 Å². The molecule has 0 heterocycles. The van der Waals surface area contributed by atoms with E-state index < -0.39 is 0 Å². The molecule has 0 aromatic heterocycles. The predicted octanol–water partition coefficient (Wildman–Crippen LogP) is -2.35. The molecular weight excluding hydrogens is 334 g/mol. The average molecular weight is 344 g/mol. The van der Waals surface area contributed by atoms with E-state index in [0.29, 0.717) is 0 Å². The Morgan fingerprint density at radius 2 is 0.429 bits per heavy atom. The van der Waals surface area contributed by atoms with Crippen molar-refractivity contribution < 1.29 is 27.4 Å². The fourth-order valence-corrected chi connectivity index (χ4v) is 0. The highest BCUT2D eigenvalue weighted by molar-refractivity contribution is 15.0. The van der Waals surface area contributed by atoms with Crippen LogP contribution in [0.4, 0.5) is 0 Å². The molecule has 10 N–H and O–H groups in total. The van der Waals surface area contributed by atoms with Crippen LogP contribution in [-0.2, 0) is 0 Å². The van der Waals surface area contributed by atoms with Gasteiger partial charge in [0.05, 0.1) is 0 Å². The van der Waals surface area contributed by atoms with Gasteiger partial charge in [-0.3, -0.25) is 0 Å². The molecule has 0 aromatic carbocycles. The Morgan fingerprint density at radius 1 is 0.429 bits per heavy atom. The lowest BCUT2D eigenvalue weighted by Crippen LogP contribution is -0.290. The normalized spacial score (nSPS) is 0.857. The highest BCUT2D eigenvalue weighted by atomic mass is 128. The first kappa shape index (κ1) is 85.2. The summed E-state index contributed by atoms with van der Waals surface area (Å²) < 4.78 is 0. The largest absolute Gasteiger partial charge is 0.412 e. The van der Waals surface area contributed by atoms with Crippen LogP contribution in [0, 0.1) is 0 Å². The molecule has 0 bridgehead atoms. The third-order valence-corrected chi connectivity index (χ3v) is 0. The second-order valence-corrected chi connectivity index (χ2v) is 0. The molecule has 0 rings (SSSR count). The van der Waals surface area contributed by atoms with Gasteiger partial charge in [-0.05, 0) is 0 Å². The minimum atomic E-state index is 0. The Kier molecular flexibility index (Phi) is 2180. The molecule has 0 aromatic rings. The van der Waals surface area contributed by atoms with E-state index in [2.05, 4.69) is 37.2 Å². The molecule has 0 spiro atoms. The summed E-state index contributed by atoms with van der Waals surface area (Å²) >= 11 is 4.24. The quantitative estimate of drug-likeness (QED) is 0.431. The maximum atomic E-state index is 2.12. The van der Waals surface area contributed by atoms with Crippen molar-refractivity contribution in [3.05, 3.63) is 0 Å². The van der Waals surface area contributed by atoms with E-state index in [1.807, 2.05) is 0 Å². The summed E-state index contributed by atoms with van der Waals surface area (Å²) in [6.07, 6.45) is 0. The van der Waals surface area contributed by atoms with Gasteiger partial charge in [0, 0.05) is 37.2 Å². The summed E-state index contributed by atoms with van der Waals surface area (Å²) in [5, 5.41) is 0. The van der Waals surface area contributed by atoms with Crippen molar-refractivity contribution in [2.45, 2.75) is 0 Å². The summed E-state index contributed by atoms with van der Waals surface area (Å²) in [7, 11) is 0. The van der Waals surface area contributed by atoms with Gasteiger partial charge in [-0.2, -0.15) is 0 Å². The van der Waals surface area contributed by atoms with Crippen molar-refractivity contribution in [1.82, 2.24) is 0 Å². The van der Waals surface area contributed by atoms with Crippen molar-refractivity contribution in [3.63, 3.8) is 0 Å². The molecular formula is H10I2O5. The fraction of sp³-hybridized carbons (Fsp3) is 0. The maximum absolute atomic E-state index is 2.12. The van der Waals surface area contributed by atoms with Gasteiger partial charge >= 0.3 is 0 Å². The summed E-state index contributed by atoms with van der Waals surface area (Å²) in [5.41, 5.74) is 0. The molecule has 7 heavy (non-hydrogen) atoms. The first-order valence-corrected chi connectivity index (χ1v) is 6.43. The molecule has 5 nitrogen and oxygen atoms in total. The van der Waals surface area contributed by atoms with Crippen LogP contribution >= 0.6 is 37.2 Å². The number of hydrogen-bond donors (Lipinski definition) is 0. The molecule has 54 valence electrons. The highest BCUT2D eigenvalue weighted by Crippen LogP contribution is 1.89. The molecule has 0 aliphatic carbocycles. The molecule has 0 radical (unpaired) electrons. The number of halogens is 2. The van der Waals surface area contributed by atoms with Crippen molar-refractivity contribution in [1.29, 1.82) is 0 Å². The van der Waals surface area contributed by atoms with Crippen LogP contribution in [0.2, 0.25) is 0 Å². The standard InChI is InChI=1S/I2.5H2O/c1-2;;;;;/h;5*1H2. The lowest BCUT2D eigenvalue weighted by Gasteiger charge is -1.00. The fourth-order valence-electron chi connectivity index (χ4n) is 0. The topological polar surface area (TPSA) is 158 Å². The van der Waals surface area contributed by atoms with Crippen LogP contribution in [0.15, 0.2) is 0 Å². The summed E-state index contributed by atoms with van der Waals surface area (Å²) in [6, 6.07) is 0. The van der Waals surface area contributed by atoms with Gasteiger partial charge in [-0.1, -0.05) is 0 Å². The number of hydrogen-bond acceptors (Lipinski definition) is 0. The molecule has 0 aliphatic rings. The van der Waals surface area contributed by atoms with E-state index in [1.165, 1.54) is 0 Å². The van der Waals surface area contributed by atoms with E-state index >= 15 is 0 Å². The first-order chi connectivity index (χ1) is 1.00. The highest BCUT2D eigenvalue weighted by Gasteiger charge is 1.00. The maximum Gasteiger partial charge on any atom is 0 e. The van der Waals surface area contributed by atoms with Gasteiger partial charge in [0.2, 0.25) is 0 Å². The molecule has 0 unspecified atom stereocenters. The number of rotatable bonds is 0. The predicted molar refractivity (Wildman–Crippen MR) is 46.1 cm³/mol. The monoisotopic (exact) mass is 344 g/mol. The van der Waals surface area contributed by atoms with Gasteiger partial charge < -0.3 is 27.4 Å². The summed E-state index contributed by atoms with van der Waals surface area (Å²) in [6.45, 7) is 0. The van der Waals surface area contributed by atoms with Crippen molar-refractivity contribution in [2.24, 2.45) is 0 Å². The van der Waals surface area contributed by atoms with E-state index in [-0.39, 0.29) is 27.4 Å². The van der Waals surface area contributed by atoms with Crippen LogP contribution in [0.25, 0.3) is 0 Å². The first-order valence-electron chi connectivity index (χ1n) is 0.143. The minimum absolute atomic E-state index is 0. The Balaban J connectivity index is -0.000000000500. The van der Waals surface area contributed by atoms with Crippen LogP contribution in [0.1, 0.15) is 0 Å². The zero-order chi connectivity index (χ0) is 2.00. The second-order valence-electron chi connectivity index (χ2n) is 0. The van der Waals surface area contributed by atoms with Gasteiger partial charge in [0.25, 0.3) is 0 Å². The zero-order valence-electron chi connectivity index (χ0n) is 3.26.